The van der Waals surface area contributed by atoms with Crippen molar-refractivity contribution < 1.29 is 19.4 Å². The number of rotatable bonds is 9. The Morgan fingerprint density at radius 2 is 2.03 bits per heavy atom. The first-order chi connectivity index (χ1) is 14.0. The van der Waals surface area contributed by atoms with Crippen molar-refractivity contribution in [2.45, 2.75) is 26.2 Å². The summed E-state index contributed by atoms with van der Waals surface area (Å²) in [6, 6.07) is 10.9. The third kappa shape index (κ3) is 6.34. The van der Waals surface area contributed by atoms with Gasteiger partial charge in [-0.1, -0.05) is 38.0 Å². The monoisotopic (exact) mass is 397 g/mol. The molecule has 2 aromatic rings. The van der Waals surface area contributed by atoms with Crippen LogP contribution < -0.4 is 10.2 Å². The van der Waals surface area contributed by atoms with Gasteiger partial charge in [-0.3, -0.25) is 9.88 Å². The molecular weight excluding hydrogens is 370 g/mol. The largest absolute Gasteiger partial charge is 0.490 e. The minimum Gasteiger partial charge on any atom is -0.490 e. The second-order valence-electron chi connectivity index (χ2n) is 6.54. The molecule has 0 fully saturated rings. The van der Waals surface area contributed by atoms with Gasteiger partial charge < -0.3 is 15.2 Å². The first kappa shape index (κ1) is 21.9. The lowest BCUT2D eigenvalue weighted by molar-refractivity contribution is -0.135. The molecule has 0 bridgehead atoms. The summed E-state index contributed by atoms with van der Waals surface area (Å²) >= 11 is 0. The molecule has 0 aliphatic carbocycles. The molecule has 2 amide bonds. The van der Waals surface area contributed by atoms with Gasteiger partial charge in [-0.05, 0) is 36.3 Å². The molecule has 0 unspecified atom stereocenters. The lowest BCUT2D eigenvalue weighted by Crippen LogP contribution is -2.37. The summed E-state index contributed by atoms with van der Waals surface area (Å²) in [6.45, 7) is 2.78. The Morgan fingerprint density at radius 1 is 1.24 bits per heavy atom. The summed E-state index contributed by atoms with van der Waals surface area (Å²) in [7, 11) is 3.04. The number of pyridine rings is 1. The number of unbranched alkanes of at least 4 members (excludes halogenated alkanes) is 2. The molecule has 0 atom stereocenters. The Bertz CT molecular complexity index is 863. The summed E-state index contributed by atoms with van der Waals surface area (Å²) in [5, 5.41) is 11.9. The Hall–Kier alpha value is -3.35. The van der Waals surface area contributed by atoms with E-state index < -0.39 is 5.97 Å². The van der Waals surface area contributed by atoms with Crippen molar-refractivity contribution in [3.05, 3.63) is 53.9 Å². The standard InChI is InChI=1S/C22H27N3O4/c1-4-5-6-12-23-22(28)25(2)18-9-7-8-17(14-18)19-11-10-16(15-24-19)13-20(29-3)21(26)27/h7-11,13-15H,4-6,12H2,1-3H3,(H,23,28)(H,26,27). The van der Waals surface area contributed by atoms with Gasteiger partial charge in [-0.25, -0.2) is 9.59 Å². The minimum absolute atomic E-state index is 0.146. The zero-order valence-electron chi connectivity index (χ0n) is 17.0. The van der Waals surface area contributed by atoms with Gasteiger partial charge in [0.15, 0.2) is 0 Å². The summed E-state index contributed by atoms with van der Waals surface area (Å²) in [5.41, 5.74) is 2.95. The van der Waals surface area contributed by atoms with Crippen LogP contribution in [-0.4, -0.2) is 42.8 Å². The number of aromatic nitrogens is 1. The number of hydrogen-bond acceptors (Lipinski definition) is 4. The summed E-state index contributed by atoms with van der Waals surface area (Å²) in [5.74, 6) is -1.30. The Morgan fingerprint density at radius 3 is 2.66 bits per heavy atom. The zero-order valence-corrected chi connectivity index (χ0v) is 17.0. The fourth-order valence-corrected chi connectivity index (χ4v) is 2.70. The molecule has 0 spiro atoms. The molecule has 0 saturated heterocycles. The third-order valence-corrected chi connectivity index (χ3v) is 4.41. The van der Waals surface area contributed by atoms with Crippen molar-refractivity contribution in [3.63, 3.8) is 0 Å². The molecule has 0 saturated carbocycles. The molecule has 154 valence electrons. The maximum Gasteiger partial charge on any atom is 0.371 e. The van der Waals surface area contributed by atoms with Crippen LogP contribution in [0.5, 0.6) is 0 Å². The van der Waals surface area contributed by atoms with Crippen LogP contribution in [0.25, 0.3) is 17.3 Å². The highest BCUT2D eigenvalue weighted by Crippen LogP contribution is 2.23. The molecule has 0 aliphatic heterocycles. The zero-order chi connectivity index (χ0) is 21.2. The van der Waals surface area contributed by atoms with E-state index in [1.54, 1.807) is 30.3 Å². The molecule has 2 rings (SSSR count). The number of urea groups is 1. The molecule has 7 nitrogen and oxygen atoms in total. The Kier molecular flexibility index (Phi) is 8.21. The van der Waals surface area contributed by atoms with Gasteiger partial charge in [0, 0.05) is 31.0 Å². The number of carboxylic acid groups (broad SMARTS) is 1. The number of aliphatic carboxylic acids is 1. The van der Waals surface area contributed by atoms with E-state index in [2.05, 4.69) is 17.2 Å². The first-order valence-electron chi connectivity index (χ1n) is 9.53. The van der Waals surface area contributed by atoms with Gasteiger partial charge in [-0.15, -0.1) is 0 Å². The van der Waals surface area contributed by atoms with E-state index in [0.717, 1.165) is 36.2 Å². The van der Waals surface area contributed by atoms with E-state index in [-0.39, 0.29) is 11.8 Å². The van der Waals surface area contributed by atoms with Crippen molar-refractivity contribution in [1.82, 2.24) is 10.3 Å². The molecule has 1 aromatic carbocycles. The molecule has 29 heavy (non-hydrogen) atoms. The van der Waals surface area contributed by atoms with Gasteiger partial charge in [0.2, 0.25) is 5.76 Å². The van der Waals surface area contributed by atoms with Gasteiger partial charge in [0.05, 0.1) is 12.8 Å². The maximum absolute atomic E-state index is 12.3. The predicted octanol–water partition coefficient (Wildman–Crippen LogP) is 4.16. The second kappa shape index (κ2) is 10.8. The highest BCUT2D eigenvalue weighted by molar-refractivity contribution is 5.92. The number of hydrogen-bond donors (Lipinski definition) is 2. The normalized spacial score (nSPS) is 11.1. The number of benzene rings is 1. The average molecular weight is 397 g/mol. The number of carbonyl (C=O) groups is 2. The maximum atomic E-state index is 12.3. The van der Waals surface area contributed by atoms with E-state index in [9.17, 15) is 9.59 Å². The van der Waals surface area contributed by atoms with Crippen molar-refractivity contribution in [2.24, 2.45) is 0 Å². The average Bonchev–Trinajstić information content (AvgIpc) is 2.74. The number of carbonyl (C=O) groups excluding carboxylic acids is 1. The van der Waals surface area contributed by atoms with Crippen LogP contribution in [0, 0.1) is 0 Å². The number of ether oxygens (including phenoxy) is 1. The number of nitrogens with one attached hydrogen (secondary N) is 1. The lowest BCUT2D eigenvalue weighted by Gasteiger charge is -2.19. The van der Waals surface area contributed by atoms with Crippen molar-refractivity contribution in [1.29, 1.82) is 0 Å². The number of nitrogens with zero attached hydrogens (tertiary/aromatic N) is 2. The van der Waals surface area contributed by atoms with Crippen LogP contribution in [0.3, 0.4) is 0 Å². The molecule has 1 heterocycles. The quantitative estimate of drug-likeness (QED) is 0.377. The van der Waals surface area contributed by atoms with Crippen LogP contribution in [-0.2, 0) is 9.53 Å². The van der Waals surface area contributed by atoms with Crippen LogP contribution >= 0.6 is 0 Å². The van der Waals surface area contributed by atoms with Crippen molar-refractivity contribution in [2.75, 3.05) is 25.6 Å². The van der Waals surface area contributed by atoms with Gasteiger partial charge in [-0.2, -0.15) is 0 Å². The highest BCUT2D eigenvalue weighted by atomic mass is 16.5. The molecule has 7 heteroatoms. The van der Waals surface area contributed by atoms with Gasteiger partial charge >= 0.3 is 12.0 Å². The predicted molar refractivity (Wildman–Crippen MR) is 114 cm³/mol. The number of carboxylic acids is 1. The topological polar surface area (TPSA) is 91.8 Å². The summed E-state index contributed by atoms with van der Waals surface area (Å²) in [6.07, 6.45) is 6.15. The molecule has 2 N–H and O–H groups in total. The van der Waals surface area contributed by atoms with Crippen molar-refractivity contribution in [3.8, 4) is 11.3 Å². The van der Waals surface area contributed by atoms with E-state index >= 15 is 0 Å². The van der Waals surface area contributed by atoms with E-state index in [4.69, 9.17) is 9.84 Å². The Labute approximate surface area is 171 Å². The van der Waals surface area contributed by atoms with E-state index in [1.165, 1.54) is 13.2 Å². The van der Waals surface area contributed by atoms with Crippen LogP contribution in [0.4, 0.5) is 10.5 Å². The van der Waals surface area contributed by atoms with Gasteiger partial charge in [0.1, 0.15) is 0 Å². The summed E-state index contributed by atoms with van der Waals surface area (Å²) in [4.78, 5) is 29.3. The fraction of sp³-hybridized carbons (Fsp3) is 0.318. The molecular formula is C22H27N3O4. The van der Waals surface area contributed by atoms with Crippen molar-refractivity contribution >= 4 is 23.8 Å². The van der Waals surface area contributed by atoms with E-state index in [0.29, 0.717) is 12.1 Å². The highest BCUT2D eigenvalue weighted by Gasteiger charge is 2.12. The SMILES string of the molecule is CCCCCNC(=O)N(C)c1cccc(-c2ccc(C=C(OC)C(=O)O)cn2)c1. The first-order valence-corrected chi connectivity index (χ1v) is 9.53. The number of anilines is 1. The lowest BCUT2D eigenvalue weighted by atomic mass is 10.1. The van der Waals surface area contributed by atoms with Crippen LogP contribution in [0.15, 0.2) is 48.4 Å². The van der Waals surface area contributed by atoms with Gasteiger partial charge in [0.25, 0.3) is 0 Å². The smallest absolute Gasteiger partial charge is 0.371 e. The molecule has 1 aromatic heterocycles. The van der Waals surface area contributed by atoms with Crippen LogP contribution in [0.2, 0.25) is 0 Å². The van der Waals surface area contributed by atoms with E-state index in [1.807, 2.05) is 24.3 Å². The third-order valence-electron chi connectivity index (χ3n) is 4.41. The molecule has 0 aliphatic rings. The minimum atomic E-state index is -1.14. The second-order valence-corrected chi connectivity index (χ2v) is 6.54. The molecule has 0 radical (unpaired) electrons. The van der Waals surface area contributed by atoms with Crippen LogP contribution in [0.1, 0.15) is 31.7 Å². The number of amides is 2. The fourth-order valence-electron chi connectivity index (χ4n) is 2.70. The summed E-state index contributed by atoms with van der Waals surface area (Å²) < 4.78 is 4.83. The Balaban J connectivity index is 2.12. The number of methoxy groups -OCH3 is 1.